The Hall–Kier alpha value is -0.960. The Morgan fingerprint density at radius 2 is 2.31 bits per heavy atom. The molecule has 0 spiro atoms. The van der Waals surface area contributed by atoms with Crippen LogP contribution in [0.15, 0.2) is 28.1 Å². The van der Waals surface area contributed by atoms with Crippen molar-refractivity contribution in [2.24, 2.45) is 10.7 Å². The molecule has 0 radical (unpaired) electrons. The predicted molar refractivity (Wildman–Crippen MR) is 57.8 cm³/mol. The average Bonchev–Trinajstić information content (AvgIpc) is 2.28. The van der Waals surface area contributed by atoms with Crippen molar-refractivity contribution in [3.63, 3.8) is 0 Å². The van der Waals surface area contributed by atoms with Gasteiger partial charge in [-0.2, -0.15) is 0 Å². The predicted octanol–water partition coefficient (Wildman–Crippen LogP) is 2.48. The molecule has 2 N–H and O–H groups in total. The van der Waals surface area contributed by atoms with E-state index in [1.54, 1.807) is 0 Å². The molecule has 2 rings (SSSR count). The third-order valence-corrected chi connectivity index (χ3v) is 3.12. The third kappa shape index (κ3) is 1.70. The molecule has 13 heavy (non-hydrogen) atoms. The van der Waals surface area contributed by atoms with Crippen molar-refractivity contribution in [2.45, 2.75) is 18.2 Å². The quantitative estimate of drug-likeness (QED) is 0.685. The number of aliphatic imine (C=N–C) groups is 1. The van der Waals surface area contributed by atoms with Crippen molar-refractivity contribution in [3.8, 4) is 0 Å². The first kappa shape index (κ1) is 8.63. The summed E-state index contributed by atoms with van der Waals surface area (Å²) in [5.74, 6) is 1.78. The van der Waals surface area contributed by atoms with Gasteiger partial charge in [0.05, 0.1) is 5.69 Å². The van der Waals surface area contributed by atoms with E-state index < -0.39 is 0 Å². The second-order valence-corrected chi connectivity index (χ2v) is 4.26. The lowest BCUT2D eigenvalue weighted by molar-refractivity contribution is 1.25. The van der Waals surface area contributed by atoms with Gasteiger partial charge in [-0.1, -0.05) is 12.1 Å². The third-order valence-electron chi connectivity index (χ3n) is 2.07. The summed E-state index contributed by atoms with van der Waals surface area (Å²) < 4.78 is 0. The van der Waals surface area contributed by atoms with E-state index in [4.69, 9.17) is 5.73 Å². The monoisotopic (exact) mass is 192 g/mol. The van der Waals surface area contributed by atoms with Crippen molar-refractivity contribution in [3.05, 3.63) is 23.8 Å². The first-order valence-corrected chi connectivity index (χ1v) is 5.31. The molecule has 0 aromatic heterocycles. The lowest BCUT2D eigenvalue weighted by Gasteiger charge is -2.04. The van der Waals surface area contributed by atoms with Crippen LogP contribution < -0.4 is 5.73 Å². The minimum absolute atomic E-state index is 0.751. The molecule has 1 aliphatic rings. The summed E-state index contributed by atoms with van der Waals surface area (Å²) in [5.41, 5.74) is 8.02. The number of fused-ring (bicyclic) bond motifs is 1. The smallest absolute Gasteiger partial charge is 0.100 e. The molecule has 1 aliphatic heterocycles. The maximum Gasteiger partial charge on any atom is 0.100 e. The van der Waals surface area contributed by atoms with E-state index in [9.17, 15) is 0 Å². The first-order valence-electron chi connectivity index (χ1n) is 4.33. The van der Waals surface area contributed by atoms with Gasteiger partial charge < -0.3 is 5.73 Å². The summed E-state index contributed by atoms with van der Waals surface area (Å²) in [5, 5.41) is 0. The van der Waals surface area contributed by atoms with E-state index in [0.29, 0.717) is 0 Å². The van der Waals surface area contributed by atoms with Gasteiger partial charge in [0, 0.05) is 17.1 Å². The second-order valence-electron chi connectivity index (χ2n) is 3.12. The molecule has 0 saturated heterocycles. The fourth-order valence-electron chi connectivity index (χ4n) is 1.36. The van der Waals surface area contributed by atoms with Gasteiger partial charge in [-0.25, -0.2) is 4.99 Å². The van der Waals surface area contributed by atoms with E-state index in [1.165, 1.54) is 10.5 Å². The molecule has 3 heteroatoms. The van der Waals surface area contributed by atoms with Crippen LogP contribution in [0.3, 0.4) is 0 Å². The van der Waals surface area contributed by atoms with Crippen molar-refractivity contribution in [2.75, 3.05) is 5.75 Å². The van der Waals surface area contributed by atoms with E-state index in [2.05, 4.69) is 30.1 Å². The van der Waals surface area contributed by atoms with Crippen LogP contribution in [0.1, 0.15) is 12.0 Å². The van der Waals surface area contributed by atoms with E-state index in [-0.39, 0.29) is 0 Å². The first-order chi connectivity index (χ1) is 6.27. The van der Waals surface area contributed by atoms with Crippen molar-refractivity contribution in [1.29, 1.82) is 0 Å². The van der Waals surface area contributed by atoms with Gasteiger partial charge in [0.15, 0.2) is 0 Å². The number of amidine groups is 1. The number of hydrogen-bond donors (Lipinski definition) is 1. The van der Waals surface area contributed by atoms with Crippen LogP contribution in [0.2, 0.25) is 0 Å². The summed E-state index contributed by atoms with van der Waals surface area (Å²) in [4.78, 5) is 5.66. The SMILES string of the molecule is Cc1cccc2c1N=C(N)CCS2. The maximum absolute atomic E-state index is 5.76. The zero-order valence-corrected chi connectivity index (χ0v) is 8.40. The van der Waals surface area contributed by atoms with Crippen LogP contribution >= 0.6 is 11.8 Å². The molecule has 1 aromatic carbocycles. The topological polar surface area (TPSA) is 38.4 Å². The fraction of sp³-hybridized carbons (Fsp3) is 0.300. The van der Waals surface area contributed by atoms with Gasteiger partial charge >= 0.3 is 0 Å². The molecule has 68 valence electrons. The Bertz CT molecular complexity index is 358. The summed E-state index contributed by atoms with van der Waals surface area (Å²) in [6.07, 6.45) is 0.888. The van der Waals surface area contributed by atoms with Gasteiger partial charge in [-0.3, -0.25) is 0 Å². The van der Waals surface area contributed by atoms with Crippen LogP contribution in [0.4, 0.5) is 5.69 Å². The van der Waals surface area contributed by atoms with Crippen molar-refractivity contribution in [1.82, 2.24) is 0 Å². The van der Waals surface area contributed by atoms with Crippen molar-refractivity contribution < 1.29 is 0 Å². The van der Waals surface area contributed by atoms with Gasteiger partial charge in [0.2, 0.25) is 0 Å². The van der Waals surface area contributed by atoms with E-state index >= 15 is 0 Å². The van der Waals surface area contributed by atoms with E-state index in [1.807, 2.05) is 11.8 Å². The Morgan fingerprint density at radius 3 is 3.15 bits per heavy atom. The van der Waals surface area contributed by atoms with Crippen LogP contribution in [0.25, 0.3) is 0 Å². The molecule has 0 fully saturated rings. The lowest BCUT2D eigenvalue weighted by Crippen LogP contribution is -2.10. The van der Waals surface area contributed by atoms with Gasteiger partial charge in [-0.05, 0) is 18.6 Å². The number of thioether (sulfide) groups is 1. The maximum atomic E-state index is 5.76. The number of nitrogens with two attached hydrogens (primary N) is 1. The number of aryl methyl sites for hydroxylation is 1. The number of nitrogens with zero attached hydrogens (tertiary/aromatic N) is 1. The molecule has 1 aromatic rings. The Labute approximate surface area is 82.2 Å². The second kappa shape index (κ2) is 3.42. The summed E-state index contributed by atoms with van der Waals surface area (Å²) >= 11 is 1.83. The van der Waals surface area contributed by atoms with Gasteiger partial charge in [-0.15, -0.1) is 11.8 Å². The molecular formula is C10H12N2S. The fourth-order valence-corrected chi connectivity index (χ4v) is 2.41. The van der Waals surface area contributed by atoms with Gasteiger partial charge in [0.25, 0.3) is 0 Å². The van der Waals surface area contributed by atoms with Crippen LogP contribution in [0, 0.1) is 6.92 Å². The highest BCUT2D eigenvalue weighted by Gasteiger charge is 2.09. The van der Waals surface area contributed by atoms with Crippen LogP contribution in [0.5, 0.6) is 0 Å². The Kier molecular flexibility index (Phi) is 2.27. The zero-order valence-electron chi connectivity index (χ0n) is 7.58. The molecular weight excluding hydrogens is 180 g/mol. The van der Waals surface area contributed by atoms with Gasteiger partial charge in [0.1, 0.15) is 5.84 Å². The average molecular weight is 192 g/mol. The number of para-hydroxylation sites is 1. The highest BCUT2D eigenvalue weighted by molar-refractivity contribution is 7.99. The highest BCUT2D eigenvalue weighted by atomic mass is 32.2. The normalized spacial score (nSPS) is 15.9. The minimum atomic E-state index is 0.751. The lowest BCUT2D eigenvalue weighted by atomic mass is 10.2. The standard InChI is InChI=1S/C10H12N2S/c1-7-3-2-4-8-10(7)12-9(11)5-6-13-8/h2-4H,5-6H2,1H3,(H2,11,12). The largest absolute Gasteiger partial charge is 0.387 e. The zero-order chi connectivity index (χ0) is 9.26. The van der Waals surface area contributed by atoms with Crippen molar-refractivity contribution >= 4 is 23.3 Å². The summed E-state index contributed by atoms with van der Waals surface area (Å²) in [6.45, 7) is 2.07. The van der Waals surface area contributed by atoms with Crippen LogP contribution in [-0.4, -0.2) is 11.6 Å². The highest BCUT2D eigenvalue weighted by Crippen LogP contribution is 2.34. The minimum Gasteiger partial charge on any atom is -0.387 e. The Balaban J connectivity index is 2.55. The van der Waals surface area contributed by atoms with Crippen LogP contribution in [-0.2, 0) is 0 Å². The number of rotatable bonds is 0. The molecule has 0 atom stereocenters. The summed E-state index contributed by atoms with van der Waals surface area (Å²) in [7, 11) is 0. The van der Waals surface area contributed by atoms with E-state index in [0.717, 1.165) is 23.7 Å². The Morgan fingerprint density at radius 1 is 1.46 bits per heavy atom. The molecule has 1 heterocycles. The molecule has 0 aliphatic carbocycles. The number of benzene rings is 1. The molecule has 0 unspecified atom stereocenters. The molecule has 2 nitrogen and oxygen atoms in total. The number of hydrogen-bond acceptors (Lipinski definition) is 3. The molecule has 0 bridgehead atoms. The summed E-state index contributed by atoms with van der Waals surface area (Å²) in [6, 6.07) is 6.24. The molecule has 0 amide bonds. The molecule has 0 saturated carbocycles.